The van der Waals surface area contributed by atoms with Gasteiger partial charge in [0.05, 0.1) is 17.5 Å². The van der Waals surface area contributed by atoms with Crippen LogP contribution in [0.2, 0.25) is 0 Å². The van der Waals surface area contributed by atoms with E-state index in [9.17, 15) is 13.2 Å². The molecular weight excluding hydrogens is 323 g/mol. The van der Waals surface area contributed by atoms with E-state index in [0.29, 0.717) is 5.56 Å². The fraction of sp³-hybridized carbons (Fsp3) is 0.400. The van der Waals surface area contributed by atoms with E-state index in [1.807, 2.05) is 13.8 Å². The van der Waals surface area contributed by atoms with Gasteiger partial charge in [0, 0.05) is 29.7 Å². The highest BCUT2D eigenvalue weighted by atomic mass is 19.4. The molecule has 0 amide bonds. The number of alkyl halides is 3. The quantitative estimate of drug-likeness (QED) is 0.817. The van der Waals surface area contributed by atoms with Crippen molar-refractivity contribution >= 4 is 11.4 Å². The molecule has 130 valence electrons. The molecule has 2 rings (SSSR count). The molecule has 0 saturated carbocycles. The Balaban J connectivity index is 2.40. The van der Waals surface area contributed by atoms with Gasteiger partial charge in [-0.25, -0.2) is 4.98 Å². The maximum absolute atomic E-state index is 12.7. The summed E-state index contributed by atoms with van der Waals surface area (Å²) in [4.78, 5) is 3.81. The van der Waals surface area contributed by atoms with Gasteiger partial charge in [-0.05, 0) is 26.8 Å². The third-order valence-corrected chi connectivity index (χ3v) is 3.37. The maximum Gasteiger partial charge on any atom is 0.425 e. The van der Waals surface area contributed by atoms with Gasteiger partial charge in [-0.15, -0.1) is 0 Å². The summed E-state index contributed by atoms with van der Waals surface area (Å²) in [5.41, 5.74) is 6.27. The highest BCUT2D eigenvalue weighted by molar-refractivity contribution is 6.15. The second-order valence-electron chi connectivity index (χ2n) is 5.56. The molecule has 6 nitrogen and oxygen atoms in total. The van der Waals surface area contributed by atoms with E-state index < -0.39 is 12.3 Å². The van der Waals surface area contributed by atoms with Crippen molar-refractivity contribution in [3.05, 3.63) is 35.8 Å². The smallest absolute Gasteiger partial charge is 0.425 e. The second kappa shape index (κ2) is 6.50. The van der Waals surface area contributed by atoms with E-state index >= 15 is 0 Å². The van der Waals surface area contributed by atoms with Crippen LogP contribution in [0.15, 0.2) is 24.7 Å². The first-order valence-corrected chi connectivity index (χ1v) is 7.22. The van der Waals surface area contributed by atoms with E-state index in [1.165, 1.54) is 18.5 Å². The monoisotopic (exact) mass is 341 g/mol. The number of aromatic nitrogens is 3. The number of nitrogens with one attached hydrogen (secondary N) is 1. The van der Waals surface area contributed by atoms with Crippen LogP contribution in [0.1, 0.15) is 37.9 Å². The molecule has 0 aliphatic rings. The third kappa shape index (κ3) is 3.66. The van der Waals surface area contributed by atoms with Crippen LogP contribution in [-0.2, 0) is 0 Å². The summed E-state index contributed by atoms with van der Waals surface area (Å²) >= 11 is 0. The third-order valence-electron chi connectivity index (χ3n) is 3.37. The molecule has 1 unspecified atom stereocenters. The van der Waals surface area contributed by atoms with Crippen molar-refractivity contribution in [3.8, 4) is 5.88 Å². The number of ether oxygens (including phenoxy) is 1. The molecule has 9 heteroatoms. The summed E-state index contributed by atoms with van der Waals surface area (Å²) in [5.74, 6) is -0.331. The molecule has 2 aromatic heterocycles. The average Bonchev–Trinajstić information content (AvgIpc) is 2.96. The van der Waals surface area contributed by atoms with Crippen LogP contribution in [0, 0.1) is 5.41 Å². The van der Waals surface area contributed by atoms with Crippen LogP contribution >= 0.6 is 0 Å². The Kier molecular flexibility index (Phi) is 4.81. The van der Waals surface area contributed by atoms with Crippen molar-refractivity contribution in [2.75, 3.05) is 5.73 Å². The Hall–Kier alpha value is -2.58. The standard InChI is InChI=1S/C15H18F3N5O/c1-8(2)23-7-10(6-22-23)13(20)12-11(19)4-5-21-14(12)24-9(3)15(16,17)18/h4-9,20H,1-3H3,(H2,19,21). The molecule has 0 radical (unpaired) electrons. The predicted molar refractivity (Wildman–Crippen MR) is 83.3 cm³/mol. The Morgan fingerprint density at radius 3 is 2.54 bits per heavy atom. The topological polar surface area (TPSA) is 89.8 Å². The summed E-state index contributed by atoms with van der Waals surface area (Å²) in [7, 11) is 0. The van der Waals surface area contributed by atoms with Crippen molar-refractivity contribution < 1.29 is 17.9 Å². The lowest BCUT2D eigenvalue weighted by Crippen LogP contribution is -2.32. The Bertz CT molecular complexity index is 739. The van der Waals surface area contributed by atoms with Crippen LogP contribution in [0.25, 0.3) is 0 Å². The zero-order valence-electron chi connectivity index (χ0n) is 13.4. The Morgan fingerprint density at radius 1 is 1.33 bits per heavy atom. The van der Waals surface area contributed by atoms with E-state index in [4.69, 9.17) is 15.9 Å². The van der Waals surface area contributed by atoms with Crippen LogP contribution in [0.5, 0.6) is 5.88 Å². The molecule has 0 spiro atoms. The van der Waals surface area contributed by atoms with Crippen molar-refractivity contribution in [2.45, 2.75) is 39.1 Å². The van der Waals surface area contributed by atoms with Gasteiger partial charge in [0.1, 0.15) is 0 Å². The number of nitrogens with zero attached hydrogens (tertiary/aromatic N) is 3. The number of halogens is 3. The SMILES string of the molecule is CC(C)n1cc(C(=N)c2c(N)ccnc2OC(C)C(F)(F)F)cn1. The molecule has 0 aliphatic carbocycles. The molecular formula is C15H18F3N5O. The van der Waals surface area contributed by atoms with Crippen molar-refractivity contribution in [3.63, 3.8) is 0 Å². The zero-order chi connectivity index (χ0) is 18.1. The van der Waals surface area contributed by atoms with Crippen molar-refractivity contribution in [2.24, 2.45) is 0 Å². The number of pyridine rings is 1. The lowest BCUT2D eigenvalue weighted by molar-refractivity contribution is -0.190. The van der Waals surface area contributed by atoms with Gasteiger partial charge >= 0.3 is 6.18 Å². The number of anilines is 1. The fourth-order valence-corrected chi connectivity index (χ4v) is 1.93. The van der Waals surface area contributed by atoms with Gasteiger partial charge in [0.25, 0.3) is 0 Å². The highest BCUT2D eigenvalue weighted by Crippen LogP contribution is 2.29. The van der Waals surface area contributed by atoms with Crippen LogP contribution in [0.4, 0.5) is 18.9 Å². The van der Waals surface area contributed by atoms with Gasteiger partial charge in [0.2, 0.25) is 5.88 Å². The van der Waals surface area contributed by atoms with Gasteiger partial charge in [-0.1, -0.05) is 0 Å². The van der Waals surface area contributed by atoms with Gasteiger partial charge in [0.15, 0.2) is 6.10 Å². The molecule has 0 saturated heterocycles. The van der Waals surface area contributed by atoms with Gasteiger partial charge < -0.3 is 10.5 Å². The molecule has 2 heterocycles. The number of hydrogen-bond donors (Lipinski definition) is 2. The molecule has 1 atom stereocenters. The molecule has 0 aliphatic heterocycles. The van der Waals surface area contributed by atoms with E-state index in [1.54, 1.807) is 10.9 Å². The number of nitrogens with two attached hydrogens (primary N) is 1. The fourth-order valence-electron chi connectivity index (χ4n) is 1.93. The Morgan fingerprint density at radius 2 is 2.00 bits per heavy atom. The largest absolute Gasteiger partial charge is 0.464 e. The van der Waals surface area contributed by atoms with Gasteiger partial charge in [-0.2, -0.15) is 18.3 Å². The molecule has 0 aromatic carbocycles. The van der Waals surface area contributed by atoms with Crippen LogP contribution < -0.4 is 10.5 Å². The van der Waals surface area contributed by atoms with Crippen molar-refractivity contribution in [1.82, 2.24) is 14.8 Å². The predicted octanol–water partition coefficient (Wildman–Crippen LogP) is 3.19. The number of nitrogen functional groups attached to an aromatic ring is 1. The highest BCUT2D eigenvalue weighted by Gasteiger charge is 2.39. The van der Waals surface area contributed by atoms with Crippen LogP contribution in [-0.4, -0.2) is 32.8 Å². The summed E-state index contributed by atoms with van der Waals surface area (Å²) in [5, 5.41) is 12.4. The molecule has 3 N–H and O–H groups in total. The number of hydrogen-bond acceptors (Lipinski definition) is 5. The zero-order valence-corrected chi connectivity index (χ0v) is 13.4. The summed E-state index contributed by atoms with van der Waals surface area (Å²) in [6.45, 7) is 4.70. The first kappa shape index (κ1) is 17.8. The van der Waals surface area contributed by atoms with Crippen molar-refractivity contribution in [1.29, 1.82) is 5.41 Å². The molecule has 0 fully saturated rings. The minimum atomic E-state index is -4.55. The Labute approximate surface area is 137 Å². The minimum absolute atomic E-state index is 0.0110. The summed E-state index contributed by atoms with van der Waals surface area (Å²) in [6.07, 6.45) is -2.31. The lowest BCUT2D eigenvalue weighted by Gasteiger charge is -2.19. The van der Waals surface area contributed by atoms with E-state index in [-0.39, 0.29) is 28.9 Å². The minimum Gasteiger partial charge on any atom is -0.464 e. The summed E-state index contributed by atoms with van der Waals surface area (Å²) < 4.78 is 44.7. The first-order valence-electron chi connectivity index (χ1n) is 7.22. The maximum atomic E-state index is 12.7. The molecule has 24 heavy (non-hydrogen) atoms. The molecule has 2 aromatic rings. The van der Waals surface area contributed by atoms with Crippen LogP contribution in [0.3, 0.4) is 0 Å². The lowest BCUT2D eigenvalue weighted by atomic mass is 10.1. The number of rotatable bonds is 5. The van der Waals surface area contributed by atoms with Gasteiger partial charge in [-0.3, -0.25) is 10.1 Å². The van der Waals surface area contributed by atoms with E-state index in [0.717, 1.165) is 6.92 Å². The first-order chi connectivity index (χ1) is 11.1. The summed E-state index contributed by atoms with van der Waals surface area (Å²) in [6, 6.07) is 1.49. The average molecular weight is 341 g/mol. The molecule has 0 bridgehead atoms. The second-order valence-corrected chi connectivity index (χ2v) is 5.56. The normalized spacial score (nSPS) is 13.1. The van der Waals surface area contributed by atoms with E-state index in [2.05, 4.69) is 10.1 Å².